The summed E-state index contributed by atoms with van der Waals surface area (Å²) in [7, 11) is 0. The lowest BCUT2D eigenvalue weighted by Crippen LogP contribution is -2.17. The van der Waals surface area contributed by atoms with Gasteiger partial charge in [-0.25, -0.2) is 0 Å². The first kappa shape index (κ1) is 12.5. The summed E-state index contributed by atoms with van der Waals surface area (Å²) in [6.45, 7) is 2.76. The van der Waals surface area contributed by atoms with E-state index in [1.54, 1.807) is 0 Å². The van der Waals surface area contributed by atoms with Gasteiger partial charge in [0.05, 0.1) is 5.92 Å². The molecule has 1 heterocycles. The number of rotatable bonds is 3. The van der Waals surface area contributed by atoms with Crippen LogP contribution in [0.15, 0.2) is 4.52 Å². The van der Waals surface area contributed by atoms with Gasteiger partial charge in [-0.15, -0.1) is 0 Å². The van der Waals surface area contributed by atoms with Crippen LogP contribution in [0.25, 0.3) is 0 Å². The Bertz CT molecular complexity index is 388. The molecule has 1 aromatic rings. The third-order valence-electron chi connectivity index (χ3n) is 2.22. The lowest BCUT2D eigenvalue weighted by atomic mass is 9.96. The van der Waals surface area contributed by atoms with Gasteiger partial charge in [-0.2, -0.15) is 18.2 Å². The zero-order valence-corrected chi connectivity index (χ0v) is 8.45. The van der Waals surface area contributed by atoms with E-state index >= 15 is 0 Å². The molecule has 0 saturated heterocycles. The molecule has 5 nitrogen and oxygen atoms in total. The molecule has 0 spiro atoms. The summed E-state index contributed by atoms with van der Waals surface area (Å²) in [5, 5.41) is 11.4. The molecule has 2 atom stereocenters. The minimum Gasteiger partial charge on any atom is -0.481 e. The van der Waals surface area contributed by atoms with Crippen LogP contribution in [-0.2, 0) is 11.0 Å². The van der Waals surface area contributed by atoms with Gasteiger partial charge in [-0.1, -0.05) is 19.0 Å². The van der Waals surface area contributed by atoms with Crippen molar-refractivity contribution >= 4 is 5.97 Å². The van der Waals surface area contributed by atoms with Crippen LogP contribution in [-0.4, -0.2) is 21.2 Å². The Morgan fingerprint density at radius 2 is 2.00 bits per heavy atom. The summed E-state index contributed by atoms with van der Waals surface area (Å²) >= 11 is 0. The van der Waals surface area contributed by atoms with Gasteiger partial charge in [-0.05, 0) is 0 Å². The van der Waals surface area contributed by atoms with Crippen molar-refractivity contribution in [3.63, 3.8) is 0 Å². The molecule has 0 radical (unpaired) electrons. The minimum atomic E-state index is -4.69. The smallest absolute Gasteiger partial charge is 0.455 e. The van der Waals surface area contributed by atoms with Gasteiger partial charge in [0.2, 0.25) is 5.89 Å². The predicted octanol–water partition coefficient (Wildman–Crippen LogP) is 1.91. The maximum atomic E-state index is 12.1. The molecule has 0 aliphatic carbocycles. The van der Waals surface area contributed by atoms with Gasteiger partial charge in [-0.3, -0.25) is 4.79 Å². The van der Waals surface area contributed by atoms with Crippen LogP contribution in [0.1, 0.15) is 31.5 Å². The number of hydrogen-bond acceptors (Lipinski definition) is 4. The molecule has 2 unspecified atom stereocenters. The van der Waals surface area contributed by atoms with E-state index in [-0.39, 0.29) is 5.89 Å². The molecule has 1 rings (SSSR count). The number of carboxylic acids is 1. The molecule has 0 aliphatic rings. The fraction of sp³-hybridized carbons (Fsp3) is 0.625. The normalized spacial score (nSPS) is 15.8. The van der Waals surface area contributed by atoms with Gasteiger partial charge in [0.1, 0.15) is 0 Å². The monoisotopic (exact) mass is 238 g/mol. The molecule has 0 aromatic carbocycles. The maximum Gasteiger partial charge on any atom is 0.455 e. The number of hydrogen-bond donors (Lipinski definition) is 1. The highest BCUT2D eigenvalue weighted by molar-refractivity contribution is 5.70. The molecule has 0 amide bonds. The summed E-state index contributed by atoms with van der Waals surface area (Å²) < 4.78 is 40.7. The van der Waals surface area contributed by atoms with Gasteiger partial charge in [0.25, 0.3) is 5.82 Å². The van der Waals surface area contributed by atoms with Crippen molar-refractivity contribution < 1.29 is 27.6 Å². The Balaban J connectivity index is 2.90. The minimum absolute atomic E-state index is 0.331. The van der Waals surface area contributed by atoms with Gasteiger partial charge >= 0.3 is 12.1 Å². The molecule has 90 valence electrons. The van der Waals surface area contributed by atoms with E-state index in [2.05, 4.69) is 14.7 Å². The van der Waals surface area contributed by atoms with Crippen molar-refractivity contribution in [2.45, 2.75) is 25.9 Å². The summed E-state index contributed by atoms with van der Waals surface area (Å²) in [6, 6.07) is 0. The number of aliphatic carboxylic acids is 1. The number of aromatic nitrogens is 2. The second-order valence-electron chi connectivity index (χ2n) is 3.37. The van der Waals surface area contributed by atoms with Crippen LogP contribution in [0.2, 0.25) is 0 Å². The first-order chi connectivity index (χ1) is 7.23. The Hall–Kier alpha value is -1.60. The highest BCUT2D eigenvalue weighted by Gasteiger charge is 2.38. The van der Waals surface area contributed by atoms with Gasteiger partial charge in [0, 0.05) is 5.92 Å². The van der Waals surface area contributed by atoms with Gasteiger partial charge in [0.15, 0.2) is 0 Å². The van der Waals surface area contributed by atoms with Gasteiger partial charge < -0.3 is 9.63 Å². The number of carboxylic acid groups (broad SMARTS) is 1. The van der Waals surface area contributed by atoms with Crippen LogP contribution in [0, 0.1) is 5.92 Å². The van der Waals surface area contributed by atoms with Crippen LogP contribution in [0.5, 0.6) is 0 Å². The predicted molar refractivity (Wildman–Crippen MR) is 44.5 cm³/mol. The zero-order valence-electron chi connectivity index (χ0n) is 8.45. The van der Waals surface area contributed by atoms with Crippen molar-refractivity contribution in [3.8, 4) is 0 Å². The molecular weight excluding hydrogens is 229 g/mol. The molecule has 1 N–H and O–H groups in total. The Morgan fingerprint density at radius 3 is 2.38 bits per heavy atom. The van der Waals surface area contributed by atoms with E-state index in [1.165, 1.54) is 13.8 Å². The highest BCUT2D eigenvalue weighted by Crippen LogP contribution is 2.29. The standard InChI is InChI=1S/C8H9F3N2O3/c1-3(4(2)6(14)15)5-12-7(13-16-5)8(9,10)11/h3-4H,1-2H3,(H,14,15). The maximum absolute atomic E-state index is 12.1. The quantitative estimate of drug-likeness (QED) is 0.870. The molecule has 0 aliphatic heterocycles. The van der Waals surface area contributed by atoms with Crippen molar-refractivity contribution in [1.82, 2.24) is 10.1 Å². The average Bonchev–Trinajstić information content (AvgIpc) is 2.63. The Labute approximate surface area is 88.3 Å². The van der Waals surface area contributed by atoms with E-state index in [0.717, 1.165) is 0 Å². The number of alkyl halides is 3. The Kier molecular flexibility index (Phi) is 3.20. The summed E-state index contributed by atoms with van der Waals surface area (Å²) in [4.78, 5) is 13.7. The van der Waals surface area contributed by atoms with Crippen molar-refractivity contribution in [2.24, 2.45) is 5.92 Å². The first-order valence-corrected chi connectivity index (χ1v) is 4.37. The summed E-state index contributed by atoms with van der Waals surface area (Å²) in [5.41, 5.74) is 0. The Morgan fingerprint density at radius 1 is 1.44 bits per heavy atom. The molecule has 1 aromatic heterocycles. The average molecular weight is 238 g/mol. The topological polar surface area (TPSA) is 76.2 Å². The first-order valence-electron chi connectivity index (χ1n) is 4.37. The SMILES string of the molecule is CC(C(=O)O)C(C)c1nc(C(F)(F)F)no1. The number of carbonyl (C=O) groups is 1. The molecular formula is C8H9F3N2O3. The van der Waals surface area contributed by atoms with Crippen molar-refractivity contribution in [1.29, 1.82) is 0 Å². The van der Waals surface area contributed by atoms with Crippen LogP contribution >= 0.6 is 0 Å². The summed E-state index contributed by atoms with van der Waals surface area (Å²) in [6.07, 6.45) is -4.69. The largest absolute Gasteiger partial charge is 0.481 e. The molecule has 0 saturated carbocycles. The van der Waals surface area contributed by atoms with E-state index in [0.29, 0.717) is 0 Å². The second kappa shape index (κ2) is 4.11. The molecule has 0 fully saturated rings. The lowest BCUT2D eigenvalue weighted by molar-refractivity contribution is -0.146. The second-order valence-corrected chi connectivity index (χ2v) is 3.37. The van der Waals surface area contributed by atoms with Crippen LogP contribution in [0.3, 0.4) is 0 Å². The fourth-order valence-electron chi connectivity index (χ4n) is 0.963. The molecule has 0 bridgehead atoms. The third kappa shape index (κ3) is 2.50. The van der Waals surface area contributed by atoms with E-state index in [4.69, 9.17) is 5.11 Å². The third-order valence-corrected chi connectivity index (χ3v) is 2.22. The lowest BCUT2D eigenvalue weighted by Gasteiger charge is -2.10. The molecule has 8 heteroatoms. The molecule has 16 heavy (non-hydrogen) atoms. The number of halogens is 3. The fourth-order valence-corrected chi connectivity index (χ4v) is 0.963. The van der Waals surface area contributed by atoms with E-state index in [9.17, 15) is 18.0 Å². The zero-order chi connectivity index (χ0) is 12.5. The van der Waals surface area contributed by atoms with Crippen molar-refractivity contribution in [2.75, 3.05) is 0 Å². The van der Waals surface area contributed by atoms with E-state index in [1.807, 2.05) is 0 Å². The van der Waals surface area contributed by atoms with Crippen LogP contribution < -0.4 is 0 Å². The number of nitrogens with zero attached hydrogens (tertiary/aromatic N) is 2. The van der Waals surface area contributed by atoms with Crippen molar-refractivity contribution in [3.05, 3.63) is 11.7 Å². The van der Waals surface area contributed by atoms with Crippen LogP contribution in [0.4, 0.5) is 13.2 Å². The van der Waals surface area contributed by atoms with E-state index < -0.39 is 29.8 Å². The highest BCUT2D eigenvalue weighted by atomic mass is 19.4. The summed E-state index contributed by atoms with van der Waals surface area (Å²) in [5.74, 6) is -4.55.